The van der Waals surface area contributed by atoms with E-state index in [1.165, 1.54) is 0 Å². The number of amides is 3. The van der Waals surface area contributed by atoms with Gasteiger partial charge in [-0.25, -0.2) is 0 Å². The highest BCUT2D eigenvalue weighted by Gasteiger charge is 2.20. The first-order valence-electron chi connectivity index (χ1n) is 4.69. The van der Waals surface area contributed by atoms with Crippen LogP contribution in [0.4, 0.5) is 9.59 Å². The maximum atomic E-state index is 11.2. The zero-order valence-corrected chi connectivity index (χ0v) is 10.4. The summed E-state index contributed by atoms with van der Waals surface area (Å²) in [6.07, 6.45) is 2.93. The van der Waals surface area contributed by atoms with Crippen LogP contribution < -0.4 is 16.4 Å². The summed E-state index contributed by atoms with van der Waals surface area (Å²) in [5.41, 5.74) is 4.34. The molecule has 92 valence electrons. The molecule has 0 spiro atoms. The Morgan fingerprint density at radius 1 is 1.25 bits per heavy atom. The zero-order valence-electron chi connectivity index (χ0n) is 8.60. The van der Waals surface area contributed by atoms with Crippen LogP contribution in [0.1, 0.15) is 19.3 Å². The molecule has 1 fully saturated rings. The summed E-state index contributed by atoms with van der Waals surface area (Å²) in [6, 6.07) is -0.213. The number of rotatable bonds is 1. The molecule has 0 aromatic carbocycles. The molecule has 0 aromatic heterocycles. The van der Waals surface area contributed by atoms with Crippen molar-refractivity contribution in [1.29, 1.82) is 0 Å². The van der Waals surface area contributed by atoms with Gasteiger partial charge in [0.05, 0.1) is 6.04 Å². The molecular weight excluding hydrogens is 250 g/mol. The van der Waals surface area contributed by atoms with Crippen molar-refractivity contribution in [2.24, 2.45) is 5.73 Å². The Morgan fingerprint density at radius 3 is 2.19 bits per heavy atom. The number of nitrogens with two attached hydrogens (primary N) is 1. The van der Waals surface area contributed by atoms with Crippen molar-refractivity contribution in [1.82, 2.24) is 10.6 Å². The molecule has 1 aliphatic rings. The molecule has 1 aliphatic heterocycles. The number of hydrogen-bond acceptors (Lipinski definition) is 4. The summed E-state index contributed by atoms with van der Waals surface area (Å²) >= 11 is 6.56. The quantitative estimate of drug-likeness (QED) is 0.440. The smallest absolute Gasteiger partial charge is 0.282 e. The lowest BCUT2D eigenvalue weighted by Gasteiger charge is -2.21. The number of carbonyl (C=O) groups is 3. The summed E-state index contributed by atoms with van der Waals surface area (Å²) in [4.78, 5) is 30.7. The highest BCUT2D eigenvalue weighted by Crippen LogP contribution is 2.06. The van der Waals surface area contributed by atoms with Crippen LogP contribution in [0.25, 0.3) is 0 Å². The molecule has 1 saturated heterocycles. The largest absolute Gasteiger partial charge is 0.361 e. The van der Waals surface area contributed by atoms with Gasteiger partial charge < -0.3 is 11.1 Å². The number of hydrogen-bond donors (Lipinski definition) is 5. The molecule has 1 unspecified atom stereocenters. The Hall–Kier alpha value is -0.730. The van der Waals surface area contributed by atoms with Crippen LogP contribution in [0.3, 0.4) is 0 Å². The van der Waals surface area contributed by atoms with E-state index in [0.29, 0.717) is 0 Å². The molecule has 0 saturated carbocycles. The fraction of sp³-hybridized carbons (Fsp3) is 0.625. The molecule has 3 amide bonds. The van der Waals surface area contributed by atoms with Gasteiger partial charge in [-0.05, 0) is 19.4 Å². The summed E-state index contributed by atoms with van der Waals surface area (Å²) < 4.78 is 0. The molecule has 1 atom stereocenters. The van der Waals surface area contributed by atoms with Gasteiger partial charge in [0.15, 0.2) is 0 Å². The molecule has 0 aromatic rings. The topological polar surface area (TPSA) is 101 Å². The Balaban J connectivity index is 0.000000487. The second kappa shape index (κ2) is 8.43. The van der Waals surface area contributed by atoms with E-state index in [9.17, 15) is 9.59 Å². The van der Waals surface area contributed by atoms with Gasteiger partial charge in [0.2, 0.25) is 5.91 Å². The van der Waals surface area contributed by atoms with Crippen molar-refractivity contribution in [2.75, 3.05) is 6.54 Å². The minimum absolute atomic E-state index is 0.213. The molecule has 1 heterocycles. The van der Waals surface area contributed by atoms with E-state index in [0.717, 1.165) is 25.8 Å². The van der Waals surface area contributed by atoms with Gasteiger partial charge in [-0.2, -0.15) is 0 Å². The SMILES string of the molecule is NC(=O)S.O=C(S)NC(=O)C1CCCCN1. The molecule has 1 rings (SSSR count). The van der Waals surface area contributed by atoms with Crippen molar-refractivity contribution in [3.63, 3.8) is 0 Å². The monoisotopic (exact) mass is 265 g/mol. The van der Waals surface area contributed by atoms with Gasteiger partial charge in [0, 0.05) is 0 Å². The van der Waals surface area contributed by atoms with Crippen molar-refractivity contribution >= 4 is 41.6 Å². The van der Waals surface area contributed by atoms with E-state index in [2.05, 4.69) is 41.6 Å². The summed E-state index contributed by atoms with van der Waals surface area (Å²) in [5, 5.41) is 3.93. The number of primary amides is 1. The fourth-order valence-corrected chi connectivity index (χ4v) is 1.38. The average Bonchev–Trinajstić information content (AvgIpc) is 2.17. The number of imide groups is 1. The standard InChI is InChI=1S/C7H12N2O2S.CH3NOS/c10-6(9-7(11)12)5-3-1-2-4-8-5;2-1(3)4/h5,8H,1-4H2,(H2,9,10,11,12);(H3,2,3,4). The Kier molecular flexibility index (Phi) is 8.04. The van der Waals surface area contributed by atoms with Gasteiger partial charge in [0.25, 0.3) is 10.5 Å². The Bertz CT molecular complexity index is 263. The van der Waals surface area contributed by atoms with Gasteiger partial charge in [-0.15, -0.1) is 0 Å². The normalized spacial score (nSPS) is 19.0. The lowest BCUT2D eigenvalue weighted by molar-refractivity contribution is -0.122. The predicted octanol–water partition coefficient (Wildman–Crippen LogP) is 0.289. The fourth-order valence-electron chi connectivity index (χ4n) is 1.27. The predicted molar refractivity (Wildman–Crippen MR) is 66.7 cm³/mol. The van der Waals surface area contributed by atoms with E-state index in [-0.39, 0.29) is 11.9 Å². The molecular formula is C8H15N3O3S2. The maximum Gasteiger partial charge on any atom is 0.282 e. The van der Waals surface area contributed by atoms with Crippen LogP contribution in [0.15, 0.2) is 0 Å². The highest BCUT2D eigenvalue weighted by atomic mass is 32.1. The van der Waals surface area contributed by atoms with E-state index in [4.69, 9.17) is 4.79 Å². The molecule has 0 radical (unpaired) electrons. The number of thiol groups is 2. The van der Waals surface area contributed by atoms with Gasteiger partial charge >= 0.3 is 0 Å². The highest BCUT2D eigenvalue weighted by molar-refractivity contribution is 7.96. The van der Waals surface area contributed by atoms with E-state index >= 15 is 0 Å². The van der Waals surface area contributed by atoms with Gasteiger partial charge in [-0.3, -0.25) is 19.7 Å². The average molecular weight is 265 g/mol. The molecule has 0 bridgehead atoms. The van der Waals surface area contributed by atoms with Crippen LogP contribution in [-0.2, 0) is 4.79 Å². The maximum absolute atomic E-state index is 11.2. The van der Waals surface area contributed by atoms with E-state index in [1.807, 2.05) is 0 Å². The molecule has 8 heteroatoms. The lowest BCUT2D eigenvalue weighted by atomic mass is 10.0. The van der Waals surface area contributed by atoms with Crippen molar-refractivity contribution < 1.29 is 14.4 Å². The minimum Gasteiger partial charge on any atom is -0.361 e. The van der Waals surface area contributed by atoms with Gasteiger partial charge in [-0.1, -0.05) is 31.7 Å². The second-order valence-electron chi connectivity index (χ2n) is 3.14. The van der Waals surface area contributed by atoms with E-state index in [1.54, 1.807) is 0 Å². The first-order valence-corrected chi connectivity index (χ1v) is 5.58. The molecule has 16 heavy (non-hydrogen) atoms. The Morgan fingerprint density at radius 2 is 1.81 bits per heavy atom. The van der Waals surface area contributed by atoms with Crippen molar-refractivity contribution in [2.45, 2.75) is 25.3 Å². The minimum atomic E-state index is -0.639. The zero-order chi connectivity index (χ0) is 12.6. The van der Waals surface area contributed by atoms with Crippen LogP contribution >= 0.6 is 25.3 Å². The molecule has 0 aliphatic carbocycles. The van der Waals surface area contributed by atoms with Crippen LogP contribution in [0, 0.1) is 0 Å². The number of nitrogens with one attached hydrogen (secondary N) is 2. The van der Waals surface area contributed by atoms with Crippen LogP contribution in [0.5, 0.6) is 0 Å². The number of carbonyl (C=O) groups excluding carboxylic acids is 3. The summed E-state index contributed by atoms with van der Waals surface area (Å²) in [7, 11) is 0. The van der Waals surface area contributed by atoms with Crippen LogP contribution in [-0.4, -0.2) is 29.0 Å². The molecule has 6 nitrogen and oxygen atoms in total. The third kappa shape index (κ3) is 8.57. The Labute approximate surface area is 105 Å². The van der Waals surface area contributed by atoms with Crippen LogP contribution in [0.2, 0.25) is 0 Å². The number of piperidine rings is 1. The third-order valence-corrected chi connectivity index (χ3v) is 1.97. The van der Waals surface area contributed by atoms with Gasteiger partial charge in [0.1, 0.15) is 0 Å². The summed E-state index contributed by atoms with van der Waals surface area (Å²) in [5.74, 6) is -0.269. The van der Waals surface area contributed by atoms with Crippen molar-refractivity contribution in [3.8, 4) is 0 Å². The van der Waals surface area contributed by atoms with Crippen molar-refractivity contribution in [3.05, 3.63) is 0 Å². The second-order valence-corrected chi connectivity index (χ2v) is 3.98. The summed E-state index contributed by atoms with van der Waals surface area (Å²) in [6.45, 7) is 0.846. The molecule has 4 N–H and O–H groups in total. The first kappa shape index (κ1) is 15.3. The van der Waals surface area contributed by atoms with E-state index < -0.39 is 10.5 Å². The first-order chi connectivity index (χ1) is 7.43. The third-order valence-electron chi connectivity index (χ3n) is 1.86. The lowest BCUT2D eigenvalue weighted by Crippen LogP contribution is -2.47.